The molecule has 2 rings (SSSR count). The molecule has 0 radical (unpaired) electrons. The maximum atomic E-state index is 11.7. The first-order chi connectivity index (χ1) is 7.29. The van der Waals surface area contributed by atoms with Gasteiger partial charge in [-0.05, 0) is 25.2 Å². The lowest BCUT2D eigenvalue weighted by Crippen LogP contribution is -2.25. The number of hydrogen-bond donors (Lipinski definition) is 0. The van der Waals surface area contributed by atoms with E-state index in [2.05, 4.69) is 6.58 Å². The molecule has 0 aromatic rings. The highest BCUT2D eigenvalue weighted by Gasteiger charge is 2.29. The Morgan fingerprint density at radius 2 is 2.33 bits per heavy atom. The summed E-state index contributed by atoms with van der Waals surface area (Å²) in [5.74, 6) is 0.533. The van der Waals surface area contributed by atoms with E-state index in [-0.39, 0.29) is 18.0 Å². The van der Waals surface area contributed by atoms with Crippen molar-refractivity contribution < 1.29 is 14.3 Å². The Morgan fingerprint density at radius 1 is 1.53 bits per heavy atom. The van der Waals surface area contributed by atoms with Crippen LogP contribution in [-0.4, -0.2) is 25.3 Å². The van der Waals surface area contributed by atoms with Gasteiger partial charge in [-0.3, -0.25) is 4.79 Å². The lowest BCUT2D eigenvalue weighted by Gasteiger charge is -2.25. The Balaban J connectivity index is 1.74. The highest BCUT2D eigenvalue weighted by molar-refractivity contribution is 5.72. The molecule has 2 aliphatic rings. The maximum absolute atomic E-state index is 11.7. The van der Waals surface area contributed by atoms with E-state index in [1.165, 1.54) is 6.42 Å². The molecule has 1 saturated carbocycles. The van der Waals surface area contributed by atoms with Gasteiger partial charge in [-0.25, -0.2) is 0 Å². The van der Waals surface area contributed by atoms with Gasteiger partial charge in [-0.1, -0.05) is 12.5 Å². The van der Waals surface area contributed by atoms with Gasteiger partial charge >= 0.3 is 5.97 Å². The first kappa shape index (κ1) is 10.7. The molecule has 1 aliphatic heterocycles. The molecule has 3 unspecified atom stereocenters. The van der Waals surface area contributed by atoms with Crippen LogP contribution in [0.2, 0.25) is 0 Å². The third kappa shape index (κ3) is 3.06. The van der Waals surface area contributed by atoms with Crippen LogP contribution in [0.5, 0.6) is 0 Å². The van der Waals surface area contributed by atoms with E-state index in [1.54, 1.807) is 0 Å². The number of rotatable bonds is 4. The Bertz CT molecular complexity index is 245. The topological polar surface area (TPSA) is 38.8 Å². The molecule has 3 heteroatoms. The number of epoxide rings is 1. The quantitative estimate of drug-likeness (QED) is 0.404. The van der Waals surface area contributed by atoms with Gasteiger partial charge in [0.1, 0.15) is 12.7 Å². The van der Waals surface area contributed by atoms with Crippen molar-refractivity contribution in [1.82, 2.24) is 0 Å². The van der Waals surface area contributed by atoms with Gasteiger partial charge in [0.05, 0.1) is 12.5 Å². The number of ether oxygens (including phenoxy) is 2. The van der Waals surface area contributed by atoms with E-state index in [0.717, 1.165) is 25.9 Å². The summed E-state index contributed by atoms with van der Waals surface area (Å²) in [5, 5.41) is 0. The summed E-state index contributed by atoms with van der Waals surface area (Å²) >= 11 is 0. The summed E-state index contributed by atoms with van der Waals surface area (Å²) < 4.78 is 10.2. The predicted molar refractivity (Wildman–Crippen MR) is 56.3 cm³/mol. The summed E-state index contributed by atoms with van der Waals surface area (Å²) in [5.41, 5.74) is 0. The highest BCUT2D eigenvalue weighted by atomic mass is 16.6. The van der Waals surface area contributed by atoms with Crippen LogP contribution < -0.4 is 0 Å². The molecule has 0 amide bonds. The number of carbonyl (C=O) groups excluding carboxylic acids is 1. The van der Waals surface area contributed by atoms with E-state index in [1.807, 2.05) is 6.08 Å². The van der Waals surface area contributed by atoms with Crippen LogP contribution in [0.4, 0.5) is 0 Å². The fourth-order valence-corrected chi connectivity index (χ4v) is 2.11. The first-order valence-electron chi connectivity index (χ1n) is 5.70. The Kier molecular flexibility index (Phi) is 3.41. The SMILES string of the molecule is C=CC1CCCC(C(=O)OCC2CO2)C1. The molecular weight excluding hydrogens is 192 g/mol. The molecule has 3 atom stereocenters. The largest absolute Gasteiger partial charge is 0.463 e. The molecule has 2 fully saturated rings. The smallest absolute Gasteiger partial charge is 0.309 e. The molecule has 3 nitrogen and oxygen atoms in total. The van der Waals surface area contributed by atoms with Crippen molar-refractivity contribution in [3.05, 3.63) is 12.7 Å². The van der Waals surface area contributed by atoms with Gasteiger partial charge in [0, 0.05) is 0 Å². The maximum Gasteiger partial charge on any atom is 0.309 e. The van der Waals surface area contributed by atoms with Crippen molar-refractivity contribution in [2.45, 2.75) is 31.8 Å². The molecule has 0 spiro atoms. The predicted octanol–water partition coefficient (Wildman–Crippen LogP) is 1.92. The van der Waals surface area contributed by atoms with E-state index < -0.39 is 0 Å². The Morgan fingerprint density at radius 3 is 3.00 bits per heavy atom. The fourth-order valence-electron chi connectivity index (χ4n) is 2.11. The van der Waals surface area contributed by atoms with Crippen molar-refractivity contribution in [2.24, 2.45) is 11.8 Å². The molecule has 0 aromatic carbocycles. The van der Waals surface area contributed by atoms with Crippen LogP contribution in [0.15, 0.2) is 12.7 Å². The van der Waals surface area contributed by atoms with E-state index >= 15 is 0 Å². The normalized spacial score (nSPS) is 34.5. The summed E-state index contributed by atoms with van der Waals surface area (Å²) in [6.07, 6.45) is 6.29. The molecule has 1 aliphatic carbocycles. The molecule has 84 valence electrons. The van der Waals surface area contributed by atoms with Gasteiger partial charge in [-0.2, -0.15) is 0 Å². The van der Waals surface area contributed by atoms with E-state index in [9.17, 15) is 4.79 Å². The van der Waals surface area contributed by atoms with Crippen molar-refractivity contribution in [2.75, 3.05) is 13.2 Å². The zero-order valence-corrected chi connectivity index (χ0v) is 8.98. The monoisotopic (exact) mass is 210 g/mol. The molecule has 15 heavy (non-hydrogen) atoms. The van der Waals surface area contributed by atoms with Crippen molar-refractivity contribution in [3.8, 4) is 0 Å². The second-order valence-electron chi connectivity index (χ2n) is 4.44. The lowest BCUT2D eigenvalue weighted by molar-refractivity contribution is -0.150. The zero-order chi connectivity index (χ0) is 10.7. The Hall–Kier alpha value is -0.830. The van der Waals surface area contributed by atoms with Gasteiger partial charge in [-0.15, -0.1) is 6.58 Å². The van der Waals surface area contributed by atoms with Crippen LogP contribution >= 0.6 is 0 Å². The van der Waals surface area contributed by atoms with Crippen LogP contribution in [0.1, 0.15) is 25.7 Å². The first-order valence-corrected chi connectivity index (χ1v) is 5.70. The number of carbonyl (C=O) groups is 1. The van der Waals surface area contributed by atoms with Crippen molar-refractivity contribution >= 4 is 5.97 Å². The average Bonchev–Trinajstić information content (AvgIpc) is 3.10. The third-order valence-electron chi connectivity index (χ3n) is 3.20. The molecule has 0 bridgehead atoms. The van der Waals surface area contributed by atoms with Crippen LogP contribution in [-0.2, 0) is 14.3 Å². The number of allylic oxidation sites excluding steroid dienone is 1. The van der Waals surface area contributed by atoms with Crippen molar-refractivity contribution in [1.29, 1.82) is 0 Å². The average molecular weight is 210 g/mol. The number of hydrogen-bond acceptors (Lipinski definition) is 3. The third-order valence-corrected chi connectivity index (χ3v) is 3.20. The lowest BCUT2D eigenvalue weighted by atomic mass is 9.81. The summed E-state index contributed by atoms with van der Waals surface area (Å²) in [6, 6.07) is 0. The van der Waals surface area contributed by atoms with Crippen LogP contribution in [0.3, 0.4) is 0 Å². The zero-order valence-electron chi connectivity index (χ0n) is 8.98. The van der Waals surface area contributed by atoms with E-state index in [4.69, 9.17) is 9.47 Å². The van der Waals surface area contributed by atoms with Gasteiger partial charge < -0.3 is 9.47 Å². The molecule has 0 aromatic heterocycles. The van der Waals surface area contributed by atoms with Gasteiger partial charge in [0.25, 0.3) is 0 Å². The second-order valence-corrected chi connectivity index (χ2v) is 4.44. The molecule has 1 heterocycles. The summed E-state index contributed by atoms with van der Waals surface area (Å²) in [7, 11) is 0. The molecule has 0 N–H and O–H groups in total. The second kappa shape index (κ2) is 4.79. The standard InChI is InChI=1S/C12H18O3/c1-2-9-4-3-5-10(6-9)12(13)15-8-11-7-14-11/h2,9-11H,1,3-8H2. The Labute approximate surface area is 90.4 Å². The minimum Gasteiger partial charge on any atom is -0.463 e. The van der Waals surface area contributed by atoms with Gasteiger partial charge in [0.15, 0.2) is 0 Å². The van der Waals surface area contributed by atoms with Crippen molar-refractivity contribution in [3.63, 3.8) is 0 Å². The number of esters is 1. The minimum atomic E-state index is -0.0444. The minimum absolute atomic E-state index is 0.0444. The highest BCUT2D eigenvalue weighted by Crippen LogP contribution is 2.30. The van der Waals surface area contributed by atoms with Crippen LogP contribution in [0, 0.1) is 11.8 Å². The van der Waals surface area contributed by atoms with Gasteiger partial charge in [0.2, 0.25) is 0 Å². The molecular formula is C12H18O3. The molecule has 1 saturated heterocycles. The summed E-state index contributed by atoms with van der Waals surface area (Å²) in [6.45, 7) is 4.97. The summed E-state index contributed by atoms with van der Waals surface area (Å²) in [4.78, 5) is 11.7. The van der Waals surface area contributed by atoms with Crippen LogP contribution in [0.25, 0.3) is 0 Å². The fraction of sp³-hybridized carbons (Fsp3) is 0.750. The van der Waals surface area contributed by atoms with E-state index in [0.29, 0.717) is 12.5 Å².